The zero-order valence-electron chi connectivity index (χ0n) is 12.3. The van der Waals surface area contributed by atoms with E-state index in [2.05, 4.69) is 26.5 Å². The third kappa shape index (κ3) is 5.40. The maximum Gasteiger partial charge on any atom is 0.277 e. The number of halogens is 4. The molecule has 0 aliphatic rings. The molecule has 0 bridgehead atoms. The van der Waals surface area contributed by atoms with Crippen LogP contribution in [-0.2, 0) is 4.79 Å². The van der Waals surface area contributed by atoms with Crippen LogP contribution < -0.4 is 10.2 Å². The van der Waals surface area contributed by atoms with Crippen molar-refractivity contribution in [2.24, 2.45) is 5.10 Å². The molecule has 25 heavy (non-hydrogen) atoms. The molecule has 0 unspecified atom stereocenters. The van der Waals surface area contributed by atoms with Gasteiger partial charge in [0.1, 0.15) is 0 Å². The lowest BCUT2D eigenvalue weighted by Crippen LogP contribution is -2.24. The van der Waals surface area contributed by atoms with Crippen molar-refractivity contribution in [3.05, 3.63) is 49.4 Å². The van der Waals surface area contributed by atoms with Gasteiger partial charge >= 0.3 is 0 Å². The Morgan fingerprint density at radius 3 is 2.44 bits per heavy atom. The molecular weight excluding hydrogens is 458 g/mol. The van der Waals surface area contributed by atoms with Crippen LogP contribution in [0.3, 0.4) is 0 Å². The second kappa shape index (κ2) is 8.62. The number of rotatable bonds is 5. The van der Waals surface area contributed by atoms with E-state index >= 15 is 0 Å². The molecule has 0 aliphatic heterocycles. The summed E-state index contributed by atoms with van der Waals surface area (Å²) in [5.74, 6) is -1.02. The summed E-state index contributed by atoms with van der Waals surface area (Å²) in [4.78, 5) is 11.7. The summed E-state index contributed by atoms with van der Waals surface area (Å²) in [6.07, 6.45) is 1.28. The predicted octanol–water partition coefficient (Wildman–Crippen LogP) is 4.35. The van der Waals surface area contributed by atoms with E-state index < -0.39 is 5.91 Å². The van der Waals surface area contributed by atoms with Crippen molar-refractivity contribution in [3.63, 3.8) is 0 Å². The van der Waals surface area contributed by atoms with Crippen molar-refractivity contribution < 1.29 is 19.7 Å². The number of aromatic hydroxyl groups is 2. The number of hydrazone groups is 1. The summed E-state index contributed by atoms with van der Waals surface area (Å²) < 4.78 is 5.54. The molecule has 6 nitrogen and oxygen atoms in total. The van der Waals surface area contributed by atoms with Crippen LogP contribution in [0, 0.1) is 0 Å². The summed E-state index contributed by atoms with van der Waals surface area (Å²) in [5.41, 5.74) is 2.69. The van der Waals surface area contributed by atoms with Crippen molar-refractivity contribution >= 4 is 62.9 Å². The molecule has 1 amide bonds. The van der Waals surface area contributed by atoms with Crippen molar-refractivity contribution in [2.75, 3.05) is 6.61 Å². The Balaban J connectivity index is 1.93. The third-order valence-corrected chi connectivity index (χ3v) is 4.16. The lowest BCUT2D eigenvalue weighted by atomic mass is 10.2. The smallest absolute Gasteiger partial charge is 0.277 e. The quantitative estimate of drug-likeness (QED) is 0.346. The molecule has 0 aliphatic carbocycles. The molecule has 2 rings (SSSR count). The number of nitrogens with one attached hydrogen (secondary N) is 1. The highest BCUT2D eigenvalue weighted by Crippen LogP contribution is 2.36. The largest absolute Gasteiger partial charge is 0.504 e. The van der Waals surface area contributed by atoms with Crippen LogP contribution in [-0.4, -0.2) is 28.9 Å². The van der Waals surface area contributed by atoms with Gasteiger partial charge in [-0.15, -0.1) is 0 Å². The van der Waals surface area contributed by atoms with E-state index in [1.54, 1.807) is 0 Å². The van der Waals surface area contributed by atoms with Crippen LogP contribution in [0.5, 0.6) is 17.2 Å². The highest BCUT2D eigenvalue weighted by atomic mass is 79.9. The minimum absolute atomic E-state index is 0.138. The number of amides is 1. The van der Waals surface area contributed by atoms with Crippen LogP contribution in [0.25, 0.3) is 0 Å². The molecule has 2 aromatic carbocycles. The molecule has 0 spiro atoms. The number of benzene rings is 2. The number of hydrogen-bond donors (Lipinski definition) is 3. The molecule has 0 heterocycles. The fraction of sp³-hybridized carbons (Fsp3) is 0.0667. The monoisotopic (exact) mass is 466 g/mol. The van der Waals surface area contributed by atoms with Gasteiger partial charge in [0.05, 0.1) is 20.7 Å². The molecular formula is C15H10BrCl3N2O4. The van der Waals surface area contributed by atoms with Gasteiger partial charge in [0.15, 0.2) is 23.9 Å². The van der Waals surface area contributed by atoms with Crippen LogP contribution in [0.4, 0.5) is 0 Å². The summed E-state index contributed by atoms with van der Waals surface area (Å²) >= 11 is 20.7. The van der Waals surface area contributed by atoms with E-state index in [-0.39, 0.29) is 38.4 Å². The Morgan fingerprint density at radius 1 is 1.20 bits per heavy atom. The lowest BCUT2D eigenvalue weighted by molar-refractivity contribution is -0.123. The van der Waals surface area contributed by atoms with Gasteiger partial charge in [-0.3, -0.25) is 4.79 Å². The van der Waals surface area contributed by atoms with Crippen LogP contribution >= 0.6 is 50.7 Å². The van der Waals surface area contributed by atoms with E-state index in [0.717, 1.165) is 0 Å². The number of phenolic OH excluding ortho intramolecular Hbond substituents is 2. The van der Waals surface area contributed by atoms with Crippen LogP contribution in [0.2, 0.25) is 15.1 Å². The minimum Gasteiger partial charge on any atom is -0.504 e. The Morgan fingerprint density at radius 2 is 1.84 bits per heavy atom. The molecule has 2 aromatic rings. The van der Waals surface area contributed by atoms with Gasteiger partial charge < -0.3 is 14.9 Å². The van der Waals surface area contributed by atoms with E-state index in [0.29, 0.717) is 10.6 Å². The maximum absolute atomic E-state index is 11.7. The Bertz CT molecular complexity index is 800. The first-order valence-electron chi connectivity index (χ1n) is 6.58. The third-order valence-electron chi connectivity index (χ3n) is 2.78. The van der Waals surface area contributed by atoms with E-state index in [1.807, 2.05) is 0 Å². The summed E-state index contributed by atoms with van der Waals surface area (Å²) in [6.45, 7) is -0.372. The first-order chi connectivity index (χ1) is 11.8. The van der Waals surface area contributed by atoms with Gasteiger partial charge in [0.2, 0.25) is 0 Å². The highest BCUT2D eigenvalue weighted by Gasteiger charge is 2.11. The number of ether oxygens (including phenoxy) is 1. The van der Waals surface area contributed by atoms with Gasteiger partial charge in [-0.25, -0.2) is 5.43 Å². The van der Waals surface area contributed by atoms with Gasteiger partial charge in [-0.2, -0.15) is 5.10 Å². The number of carbonyl (C=O) groups is 1. The zero-order chi connectivity index (χ0) is 18.6. The fourth-order valence-corrected chi connectivity index (χ4v) is 3.09. The number of phenols is 2. The van der Waals surface area contributed by atoms with Gasteiger partial charge in [0.25, 0.3) is 5.91 Å². The maximum atomic E-state index is 11.7. The van der Waals surface area contributed by atoms with Gasteiger partial charge in [-0.05, 0) is 45.8 Å². The van der Waals surface area contributed by atoms with E-state index in [4.69, 9.17) is 39.5 Å². The van der Waals surface area contributed by atoms with Crippen molar-refractivity contribution in [3.8, 4) is 17.2 Å². The fourth-order valence-electron chi connectivity index (χ4n) is 1.70. The molecule has 0 atom stereocenters. The second-order valence-corrected chi connectivity index (χ2v) is 6.76. The molecule has 10 heteroatoms. The van der Waals surface area contributed by atoms with E-state index in [1.165, 1.54) is 30.5 Å². The summed E-state index contributed by atoms with van der Waals surface area (Å²) in [7, 11) is 0. The van der Waals surface area contributed by atoms with Crippen molar-refractivity contribution in [2.45, 2.75) is 0 Å². The first-order valence-corrected chi connectivity index (χ1v) is 8.51. The average molecular weight is 469 g/mol. The second-order valence-electron chi connectivity index (χ2n) is 4.65. The first kappa shape index (κ1) is 19.7. The Labute approximate surface area is 166 Å². The molecule has 0 radical (unpaired) electrons. The predicted molar refractivity (Wildman–Crippen MR) is 100 cm³/mol. The SMILES string of the molecule is O=C(COc1c(Cl)cc(Cl)cc1Cl)N/N=C\c1cc(O)c(O)c(Br)c1. The van der Waals surface area contributed by atoms with Crippen molar-refractivity contribution in [1.82, 2.24) is 5.43 Å². The van der Waals surface area contributed by atoms with Crippen molar-refractivity contribution in [1.29, 1.82) is 0 Å². The molecule has 3 N–H and O–H groups in total. The number of nitrogens with zero attached hydrogens (tertiary/aromatic N) is 1. The van der Waals surface area contributed by atoms with Gasteiger partial charge in [0, 0.05) is 5.02 Å². The molecule has 132 valence electrons. The standard InChI is InChI=1S/C15H10BrCl3N2O4/c16-9-1-7(2-12(22)14(9)24)5-20-21-13(23)6-25-15-10(18)3-8(17)4-11(15)19/h1-5,22,24H,6H2,(H,21,23)/b20-5-. The van der Waals surface area contributed by atoms with Crippen LogP contribution in [0.15, 0.2) is 33.8 Å². The Hall–Kier alpha value is -1.67. The normalized spacial score (nSPS) is 10.9. The number of carbonyl (C=O) groups excluding carboxylic acids is 1. The lowest BCUT2D eigenvalue weighted by Gasteiger charge is -2.09. The molecule has 0 fully saturated rings. The average Bonchev–Trinajstić information content (AvgIpc) is 2.51. The topological polar surface area (TPSA) is 91.2 Å². The minimum atomic E-state index is -0.555. The molecule has 0 aromatic heterocycles. The molecule has 0 saturated carbocycles. The summed E-state index contributed by atoms with van der Waals surface area (Å²) in [6, 6.07) is 5.67. The Kier molecular flexibility index (Phi) is 6.78. The molecule has 0 saturated heterocycles. The summed E-state index contributed by atoms with van der Waals surface area (Å²) in [5, 5.41) is 23.3. The number of hydrogen-bond acceptors (Lipinski definition) is 5. The van der Waals surface area contributed by atoms with Crippen LogP contribution in [0.1, 0.15) is 5.56 Å². The highest BCUT2D eigenvalue weighted by molar-refractivity contribution is 9.10. The van der Waals surface area contributed by atoms with Gasteiger partial charge in [-0.1, -0.05) is 34.8 Å². The zero-order valence-corrected chi connectivity index (χ0v) is 16.1. The van der Waals surface area contributed by atoms with E-state index in [9.17, 15) is 15.0 Å².